The Morgan fingerprint density at radius 2 is 1.72 bits per heavy atom. The molecule has 3 nitrogen and oxygen atoms in total. The molecule has 198 valence electrons. The van der Waals surface area contributed by atoms with Crippen molar-refractivity contribution < 1.29 is 19.0 Å². The summed E-state index contributed by atoms with van der Waals surface area (Å²) in [5, 5.41) is 8.94. The maximum Gasteiger partial charge on any atom is 0.338 e. The highest BCUT2D eigenvalue weighted by molar-refractivity contribution is 5.72. The second-order valence-electron chi connectivity index (χ2n) is 10.7. The largest absolute Gasteiger partial charge is 0.493 e. The van der Waals surface area contributed by atoms with E-state index in [9.17, 15) is 9.18 Å². The van der Waals surface area contributed by atoms with Gasteiger partial charge in [0.05, 0.1) is 6.61 Å². The summed E-state index contributed by atoms with van der Waals surface area (Å²) in [6.07, 6.45) is 10.9. The van der Waals surface area contributed by atoms with Crippen LogP contribution in [0.4, 0.5) is 4.39 Å². The first kappa shape index (κ1) is 28.2. The number of alkyl halides is 1. The third-order valence-corrected chi connectivity index (χ3v) is 8.06. The van der Waals surface area contributed by atoms with E-state index in [0.717, 1.165) is 44.3 Å². The van der Waals surface area contributed by atoms with E-state index in [2.05, 4.69) is 62.4 Å². The van der Waals surface area contributed by atoms with Gasteiger partial charge in [-0.3, -0.25) is 0 Å². The highest BCUT2D eigenvalue weighted by Gasteiger charge is 2.30. The van der Waals surface area contributed by atoms with Gasteiger partial charge in [-0.05, 0) is 91.5 Å². The molecule has 1 unspecified atom stereocenters. The Morgan fingerprint density at radius 3 is 2.39 bits per heavy atom. The lowest BCUT2D eigenvalue weighted by molar-refractivity contribution is -0.143. The summed E-state index contributed by atoms with van der Waals surface area (Å²) in [5.41, 5.74) is 3.93. The van der Waals surface area contributed by atoms with E-state index in [1.807, 2.05) is 0 Å². The zero-order valence-electron chi connectivity index (χ0n) is 22.3. The van der Waals surface area contributed by atoms with Gasteiger partial charge in [0.2, 0.25) is 0 Å². The van der Waals surface area contributed by atoms with Crippen LogP contribution >= 0.6 is 0 Å². The molecule has 2 aromatic carbocycles. The molecule has 0 amide bonds. The van der Waals surface area contributed by atoms with Gasteiger partial charge in [0.25, 0.3) is 0 Å². The topological polar surface area (TPSA) is 46.5 Å². The molecule has 0 heterocycles. The van der Waals surface area contributed by atoms with Crippen LogP contribution < -0.4 is 4.74 Å². The summed E-state index contributed by atoms with van der Waals surface area (Å²) >= 11 is 0. The number of carboxylic acid groups (broad SMARTS) is 1. The summed E-state index contributed by atoms with van der Waals surface area (Å²) < 4.78 is 20.1. The van der Waals surface area contributed by atoms with E-state index in [0.29, 0.717) is 18.4 Å². The van der Waals surface area contributed by atoms with Gasteiger partial charge in [-0.1, -0.05) is 82.3 Å². The molecule has 1 fully saturated rings. The number of hydrogen-bond acceptors (Lipinski definition) is 2. The van der Waals surface area contributed by atoms with Crippen molar-refractivity contribution in [1.82, 2.24) is 0 Å². The number of benzene rings is 2. The predicted molar refractivity (Wildman–Crippen MR) is 146 cm³/mol. The van der Waals surface area contributed by atoms with Crippen molar-refractivity contribution in [2.24, 2.45) is 17.8 Å². The second kappa shape index (κ2) is 15.0. The van der Waals surface area contributed by atoms with Gasteiger partial charge in [-0.2, -0.15) is 0 Å². The van der Waals surface area contributed by atoms with Gasteiger partial charge in [0.15, 0.2) is 6.17 Å². The molecule has 1 aliphatic rings. The number of rotatable bonds is 15. The SMILES string of the molecule is CCCCCCCc1cc(OCC2CCC(C(CC)C[C@H](F)C(=O)O)CC2)ccc1-c1ccccc1. The summed E-state index contributed by atoms with van der Waals surface area (Å²) in [6.45, 7) is 5.02. The van der Waals surface area contributed by atoms with Crippen LogP contribution in [0.1, 0.15) is 90.0 Å². The average molecular weight is 497 g/mol. The van der Waals surface area contributed by atoms with Crippen LogP contribution in [0.25, 0.3) is 11.1 Å². The highest BCUT2D eigenvalue weighted by atomic mass is 19.1. The average Bonchev–Trinajstić information content (AvgIpc) is 2.91. The van der Waals surface area contributed by atoms with Gasteiger partial charge >= 0.3 is 5.97 Å². The van der Waals surface area contributed by atoms with Gasteiger partial charge in [-0.25, -0.2) is 9.18 Å². The Hall–Kier alpha value is -2.36. The Bertz CT molecular complexity index is 905. The maximum atomic E-state index is 13.8. The van der Waals surface area contributed by atoms with E-state index >= 15 is 0 Å². The molecule has 1 aliphatic carbocycles. The molecule has 3 rings (SSSR count). The zero-order valence-corrected chi connectivity index (χ0v) is 22.3. The third-order valence-electron chi connectivity index (χ3n) is 8.06. The number of aryl methyl sites for hydroxylation is 1. The summed E-state index contributed by atoms with van der Waals surface area (Å²) in [6, 6.07) is 17.2. The summed E-state index contributed by atoms with van der Waals surface area (Å²) in [4.78, 5) is 10.9. The number of hydrogen-bond donors (Lipinski definition) is 1. The molecule has 36 heavy (non-hydrogen) atoms. The quantitative estimate of drug-likeness (QED) is 0.250. The van der Waals surface area contributed by atoms with E-state index in [4.69, 9.17) is 9.84 Å². The molecule has 0 radical (unpaired) electrons. The fourth-order valence-corrected chi connectivity index (χ4v) is 5.78. The Labute approximate surface area is 217 Å². The summed E-state index contributed by atoms with van der Waals surface area (Å²) in [5.74, 6) is 0.713. The number of halogens is 1. The van der Waals surface area contributed by atoms with Crippen molar-refractivity contribution in [2.75, 3.05) is 6.61 Å². The van der Waals surface area contributed by atoms with Crippen LogP contribution in [0.3, 0.4) is 0 Å². The maximum absolute atomic E-state index is 13.8. The molecular weight excluding hydrogens is 451 g/mol. The molecule has 4 heteroatoms. The molecule has 0 spiro atoms. The first-order valence-corrected chi connectivity index (χ1v) is 14.2. The van der Waals surface area contributed by atoms with Crippen molar-refractivity contribution in [2.45, 2.75) is 97.1 Å². The van der Waals surface area contributed by atoms with Crippen molar-refractivity contribution >= 4 is 5.97 Å². The number of unbranched alkanes of at least 4 members (excludes halogenated alkanes) is 4. The molecule has 0 aromatic heterocycles. The monoisotopic (exact) mass is 496 g/mol. The molecule has 0 saturated heterocycles. The van der Waals surface area contributed by atoms with E-state index in [1.165, 1.54) is 48.8 Å². The highest BCUT2D eigenvalue weighted by Crippen LogP contribution is 2.38. The van der Waals surface area contributed by atoms with Crippen LogP contribution in [0.15, 0.2) is 48.5 Å². The minimum Gasteiger partial charge on any atom is -0.493 e. The van der Waals surface area contributed by atoms with E-state index in [-0.39, 0.29) is 12.3 Å². The standard InChI is InChI=1S/C32H45FO3/c1-3-5-6-7-9-14-28-21-29(19-20-30(28)27-12-10-8-11-13-27)36-23-24-15-17-26(18-16-24)25(4-2)22-31(33)32(34)35/h8,10-13,19-21,24-26,31H,3-7,9,14-18,22-23H2,1-2H3,(H,34,35)/t24?,25?,26?,31-/m0/s1. The number of carboxylic acids is 1. The lowest BCUT2D eigenvalue weighted by atomic mass is 9.73. The lowest BCUT2D eigenvalue weighted by Gasteiger charge is -2.33. The predicted octanol–water partition coefficient (Wildman–Crippen LogP) is 8.89. The Morgan fingerprint density at radius 1 is 1.00 bits per heavy atom. The minimum absolute atomic E-state index is 0.145. The first-order valence-electron chi connectivity index (χ1n) is 14.2. The molecule has 2 atom stereocenters. The Balaban J connectivity index is 1.55. The van der Waals surface area contributed by atoms with Crippen molar-refractivity contribution in [3.05, 3.63) is 54.1 Å². The number of aliphatic carboxylic acids is 1. The minimum atomic E-state index is -1.74. The van der Waals surface area contributed by atoms with Gasteiger partial charge < -0.3 is 9.84 Å². The smallest absolute Gasteiger partial charge is 0.338 e. The first-order chi connectivity index (χ1) is 17.5. The molecule has 1 saturated carbocycles. The van der Waals surface area contributed by atoms with Gasteiger partial charge in [0, 0.05) is 0 Å². The van der Waals surface area contributed by atoms with Gasteiger partial charge in [-0.15, -0.1) is 0 Å². The van der Waals surface area contributed by atoms with Crippen molar-refractivity contribution in [1.29, 1.82) is 0 Å². The number of ether oxygens (including phenoxy) is 1. The van der Waals surface area contributed by atoms with Gasteiger partial charge in [0.1, 0.15) is 5.75 Å². The van der Waals surface area contributed by atoms with Crippen LogP contribution in [-0.4, -0.2) is 23.9 Å². The van der Waals surface area contributed by atoms with Crippen LogP contribution in [-0.2, 0) is 11.2 Å². The Kier molecular flexibility index (Phi) is 11.8. The third kappa shape index (κ3) is 8.64. The second-order valence-corrected chi connectivity index (χ2v) is 10.7. The fourth-order valence-electron chi connectivity index (χ4n) is 5.78. The van der Waals surface area contributed by atoms with E-state index in [1.54, 1.807) is 0 Å². The van der Waals surface area contributed by atoms with Crippen LogP contribution in [0, 0.1) is 17.8 Å². The van der Waals surface area contributed by atoms with Crippen molar-refractivity contribution in [3.8, 4) is 16.9 Å². The molecule has 0 aliphatic heterocycles. The normalized spacial score (nSPS) is 19.5. The zero-order chi connectivity index (χ0) is 25.8. The fraction of sp³-hybridized carbons (Fsp3) is 0.594. The molecule has 0 bridgehead atoms. The summed E-state index contributed by atoms with van der Waals surface area (Å²) in [7, 11) is 0. The molecule has 2 aromatic rings. The molecule has 1 N–H and O–H groups in total. The van der Waals surface area contributed by atoms with Crippen LogP contribution in [0.2, 0.25) is 0 Å². The van der Waals surface area contributed by atoms with E-state index < -0.39 is 12.1 Å². The molecular formula is C32H45FO3. The number of carbonyl (C=O) groups is 1. The van der Waals surface area contributed by atoms with Crippen LogP contribution in [0.5, 0.6) is 5.75 Å². The lowest BCUT2D eigenvalue weighted by Crippen LogP contribution is -2.28. The van der Waals surface area contributed by atoms with Crippen molar-refractivity contribution in [3.63, 3.8) is 0 Å².